The molecule has 0 radical (unpaired) electrons. The van der Waals surface area contributed by atoms with Gasteiger partial charge < -0.3 is 16.0 Å². The summed E-state index contributed by atoms with van der Waals surface area (Å²) in [7, 11) is 0. The highest BCUT2D eigenvalue weighted by molar-refractivity contribution is 5.97. The molecular formula is C21H25N3O2. The highest BCUT2D eigenvalue weighted by Gasteiger charge is 2.26. The summed E-state index contributed by atoms with van der Waals surface area (Å²) >= 11 is 0. The number of hydrogen-bond donors (Lipinski definition) is 3. The van der Waals surface area contributed by atoms with Crippen molar-refractivity contribution in [2.75, 3.05) is 5.32 Å². The predicted molar refractivity (Wildman–Crippen MR) is 103 cm³/mol. The molecule has 136 valence electrons. The number of aryl methyl sites for hydroxylation is 2. The van der Waals surface area contributed by atoms with E-state index in [1.54, 1.807) is 6.92 Å². The normalized spacial score (nSPS) is 17.1. The zero-order chi connectivity index (χ0) is 18.7. The molecule has 3 N–H and O–H groups in total. The molecule has 2 atom stereocenters. The quantitative estimate of drug-likeness (QED) is 0.792. The average Bonchev–Trinajstić information content (AvgIpc) is 2.64. The van der Waals surface area contributed by atoms with Crippen molar-refractivity contribution in [1.29, 1.82) is 0 Å². The first-order valence-corrected chi connectivity index (χ1v) is 8.92. The predicted octanol–water partition coefficient (Wildman–Crippen LogP) is 2.46. The van der Waals surface area contributed by atoms with Gasteiger partial charge in [-0.05, 0) is 61.6 Å². The Labute approximate surface area is 154 Å². The first-order valence-electron chi connectivity index (χ1n) is 8.92. The van der Waals surface area contributed by atoms with E-state index in [1.165, 1.54) is 16.7 Å². The number of benzene rings is 2. The van der Waals surface area contributed by atoms with Crippen molar-refractivity contribution in [2.45, 2.75) is 45.8 Å². The van der Waals surface area contributed by atoms with Gasteiger partial charge >= 0.3 is 0 Å². The Hall–Kier alpha value is -2.66. The Morgan fingerprint density at radius 3 is 2.54 bits per heavy atom. The molecule has 5 heteroatoms. The lowest BCUT2D eigenvalue weighted by molar-refractivity contribution is -0.127. The molecule has 0 unspecified atom stereocenters. The lowest BCUT2D eigenvalue weighted by atomic mass is 9.95. The maximum atomic E-state index is 12.5. The lowest BCUT2D eigenvalue weighted by Crippen LogP contribution is -2.52. The van der Waals surface area contributed by atoms with E-state index in [9.17, 15) is 9.59 Å². The minimum absolute atomic E-state index is 0.151. The fraction of sp³-hybridized carbons (Fsp3) is 0.333. The van der Waals surface area contributed by atoms with Crippen molar-refractivity contribution >= 4 is 17.5 Å². The first kappa shape index (κ1) is 18.1. The molecule has 3 rings (SSSR count). The standard InChI is InChI=1S/C21H25N3O2/c1-13-8-9-18(10-14(13)2)24-20(25)15(3)23-21(26)19-11-16-6-4-5-7-17(16)12-22-19/h4-10,15,19,22H,11-12H2,1-3H3,(H,23,26)(H,24,25)/t15-,19-/m1/s1. The topological polar surface area (TPSA) is 70.2 Å². The van der Waals surface area contributed by atoms with E-state index in [0.29, 0.717) is 13.0 Å². The van der Waals surface area contributed by atoms with E-state index in [2.05, 4.69) is 22.0 Å². The van der Waals surface area contributed by atoms with E-state index >= 15 is 0 Å². The summed E-state index contributed by atoms with van der Waals surface area (Å²) in [5, 5.41) is 8.91. The summed E-state index contributed by atoms with van der Waals surface area (Å²) in [5.74, 6) is -0.375. The van der Waals surface area contributed by atoms with Crippen molar-refractivity contribution in [1.82, 2.24) is 10.6 Å². The number of nitrogens with one attached hydrogen (secondary N) is 3. The van der Waals surface area contributed by atoms with E-state index in [1.807, 2.05) is 50.2 Å². The second-order valence-corrected chi connectivity index (χ2v) is 6.92. The number of anilines is 1. The number of hydrogen-bond acceptors (Lipinski definition) is 3. The third-order valence-corrected chi connectivity index (χ3v) is 4.92. The molecule has 26 heavy (non-hydrogen) atoms. The van der Waals surface area contributed by atoms with Crippen LogP contribution in [0.5, 0.6) is 0 Å². The van der Waals surface area contributed by atoms with Gasteiger partial charge in [0.05, 0.1) is 6.04 Å². The number of carbonyl (C=O) groups is 2. The van der Waals surface area contributed by atoms with Gasteiger partial charge in [-0.25, -0.2) is 0 Å². The summed E-state index contributed by atoms with van der Waals surface area (Å²) in [6.45, 7) is 6.39. The molecule has 5 nitrogen and oxygen atoms in total. The van der Waals surface area contributed by atoms with Crippen molar-refractivity contribution in [3.05, 3.63) is 64.7 Å². The van der Waals surface area contributed by atoms with Crippen LogP contribution in [0.4, 0.5) is 5.69 Å². The van der Waals surface area contributed by atoms with Crippen LogP contribution in [0.1, 0.15) is 29.2 Å². The van der Waals surface area contributed by atoms with Gasteiger partial charge in [0, 0.05) is 12.2 Å². The zero-order valence-corrected chi connectivity index (χ0v) is 15.4. The Bertz CT molecular complexity index is 832. The Morgan fingerprint density at radius 1 is 1.08 bits per heavy atom. The highest BCUT2D eigenvalue weighted by Crippen LogP contribution is 2.17. The third kappa shape index (κ3) is 4.11. The van der Waals surface area contributed by atoms with Gasteiger partial charge in [0.1, 0.15) is 6.04 Å². The molecule has 0 bridgehead atoms. The Balaban J connectivity index is 1.57. The number of carbonyl (C=O) groups excluding carboxylic acids is 2. The van der Waals surface area contributed by atoms with Crippen molar-refractivity contribution in [3.8, 4) is 0 Å². The number of fused-ring (bicyclic) bond motifs is 1. The largest absolute Gasteiger partial charge is 0.343 e. The first-order chi connectivity index (χ1) is 12.4. The summed E-state index contributed by atoms with van der Waals surface area (Å²) in [6.07, 6.45) is 0.632. The van der Waals surface area contributed by atoms with Gasteiger partial charge in [0.25, 0.3) is 0 Å². The summed E-state index contributed by atoms with van der Waals surface area (Å²) in [6, 6.07) is 12.9. The second kappa shape index (κ2) is 7.70. The summed E-state index contributed by atoms with van der Waals surface area (Å²) in [5.41, 5.74) is 5.43. The molecular weight excluding hydrogens is 326 g/mol. The van der Waals surface area contributed by atoms with Crippen LogP contribution in [0.15, 0.2) is 42.5 Å². The number of amides is 2. The van der Waals surface area contributed by atoms with Crippen LogP contribution in [-0.4, -0.2) is 23.9 Å². The zero-order valence-electron chi connectivity index (χ0n) is 15.4. The fourth-order valence-corrected chi connectivity index (χ4v) is 3.09. The monoisotopic (exact) mass is 351 g/mol. The third-order valence-electron chi connectivity index (χ3n) is 4.92. The number of rotatable bonds is 4. The molecule has 0 aromatic heterocycles. The molecule has 0 saturated heterocycles. The fourth-order valence-electron chi connectivity index (χ4n) is 3.09. The molecule has 2 aromatic rings. The van der Waals surface area contributed by atoms with Crippen molar-refractivity contribution in [3.63, 3.8) is 0 Å². The molecule has 1 aliphatic rings. The Morgan fingerprint density at radius 2 is 1.81 bits per heavy atom. The summed E-state index contributed by atoms with van der Waals surface area (Å²) < 4.78 is 0. The smallest absolute Gasteiger partial charge is 0.246 e. The van der Waals surface area contributed by atoms with Crippen molar-refractivity contribution in [2.24, 2.45) is 0 Å². The van der Waals surface area contributed by atoms with E-state index < -0.39 is 6.04 Å². The molecule has 2 amide bonds. The highest BCUT2D eigenvalue weighted by atomic mass is 16.2. The van der Waals surface area contributed by atoms with Gasteiger partial charge in [-0.3, -0.25) is 9.59 Å². The van der Waals surface area contributed by atoms with Gasteiger partial charge in [0.2, 0.25) is 11.8 Å². The molecule has 2 aromatic carbocycles. The van der Waals surface area contributed by atoms with Crippen LogP contribution >= 0.6 is 0 Å². The maximum Gasteiger partial charge on any atom is 0.246 e. The van der Waals surface area contributed by atoms with Gasteiger partial charge in [-0.1, -0.05) is 30.3 Å². The van der Waals surface area contributed by atoms with Crippen molar-refractivity contribution < 1.29 is 9.59 Å². The van der Waals surface area contributed by atoms with E-state index in [-0.39, 0.29) is 17.9 Å². The minimum Gasteiger partial charge on any atom is -0.343 e. The molecule has 0 aliphatic carbocycles. The van der Waals surface area contributed by atoms with Gasteiger partial charge in [-0.2, -0.15) is 0 Å². The Kier molecular flexibility index (Phi) is 5.38. The molecule has 1 aliphatic heterocycles. The van der Waals surface area contributed by atoms with E-state index in [4.69, 9.17) is 0 Å². The molecule has 1 heterocycles. The van der Waals surface area contributed by atoms with Crippen LogP contribution in [0.2, 0.25) is 0 Å². The molecule has 0 saturated carbocycles. The van der Waals surface area contributed by atoms with Crippen LogP contribution < -0.4 is 16.0 Å². The van der Waals surface area contributed by atoms with E-state index in [0.717, 1.165) is 11.3 Å². The van der Waals surface area contributed by atoms with Gasteiger partial charge in [-0.15, -0.1) is 0 Å². The molecule has 0 spiro atoms. The lowest BCUT2D eigenvalue weighted by Gasteiger charge is -2.26. The molecule has 0 fully saturated rings. The minimum atomic E-state index is -0.608. The second-order valence-electron chi connectivity index (χ2n) is 6.92. The van der Waals surface area contributed by atoms with Crippen LogP contribution in [-0.2, 0) is 22.6 Å². The van der Waals surface area contributed by atoms with Crippen LogP contribution in [0, 0.1) is 13.8 Å². The van der Waals surface area contributed by atoms with Crippen LogP contribution in [0.25, 0.3) is 0 Å². The maximum absolute atomic E-state index is 12.5. The SMILES string of the molecule is Cc1ccc(NC(=O)[C@@H](C)NC(=O)[C@H]2Cc3ccccc3CN2)cc1C. The van der Waals surface area contributed by atoms with Gasteiger partial charge in [0.15, 0.2) is 0 Å². The van der Waals surface area contributed by atoms with Crippen LogP contribution in [0.3, 0.4) is 0 Å². The summed E-state index contributed by atoms with van der Waals surface area (Å²) in [4.78, 5) is 24.9. The average molecular weight is 351 g/mol.